The van der Waals surface area contributed by atoms with E-state index in [1.807, 2.05) is 32.0 Å². The van der Waals surface area contributed by atoms with Crippen molar-refractivity contribution < 1.29 is 14.3 Å². The number of ether oxygens (including phenoxy) is 1. The maximum atomic E-state index is 12.0. The molecule has 24 heavy (non-hydrogen) atoms. The number of para-hydroxylation sites is 1. The smallest absolute Gasteiger partial charge is 0.337 e. The van der Waals surface area contributed by atoms with E-state index in [9.17, 15) is 9.59 Å². The minimum absolute atomic E-state index is 0.0837. The molecule has 0 spiro atoms. The van der Waals surface area contributed by atoms with Gasteiger partial charge < -0.3 is 15.4 Å². The predicted molar refractivity (Wildman–Crippen MR) is 95.4 cm³/mol. The van der Waals surface area contributed by atoms with Crippen LogP contribution in [0.1, 0.15) is 27.9 Å². The first-order chi connectivity index (χ1) is 11.5. The van der Waals surface area contributed by atoms with Gasteiger partial charge in [-0.15, -0.1) is 0 Å². The number of benzene rings is 2. The lowest BCUT2D eigenvalue weighted by atomic mass is 10.1. The Balaban J connectivity index is 1.84. The Morgan fingerprint density at radius 1 is 1.00 bits per heavy atom. The average molecular weight is 326 g/mol. The molecule has 126 valence electrons. The lowest BCUT2D eigenvalue weighted by Gasteiger charge is -2.12. The maximum Gasteiger partial charge on any atom is 0.337 e. The number of aryl methyl sites for hydroxylation is 2. The molecule has 0 bridgehead atoms. The molecule has 0 aliphatic heterocycles. The summed E-state index contributed by atoms with van der Waals surface area (Å²) in [4.78, 5) is 23.4. The highest BCUT2D eigenvalue weighted by Gasteiger charge is 2.07. The van der Waals surface area contributed by atoms with E-state index in [4.69, 9.17) is 0 Å². The number of hydrogen-bond donors (Lipinski definition) is 2. The Labute approximate surface area is 142 Å². The standard InChI is InChI=1S/C19H22N2O3/c1-13-5-4-6-14(2)18(13)20-12-11-17(22)21-16-9-7-15(8-10-16)19(23)24-3/h4-10,20H,11-12H2,1-3H3,(H,21,22). The van der Waals surface area contributed by atoms with Crippen molar-refractivity contribution in [3.8, 4) is 0 Å². The van der Waals surface area contributed by atoms with E-state index < -0.39 is 5.97 Å². The van der Waals surface area contributed by atoms with Gasteiger partial charge in [-0.05, 0) is 49.2 Å². The topological polar surface area (TPSA) is 67.4 Å². The molecule has 2 rings (SSSR count). The van der Waals surface area contributed by atoms with Gasteiger partial charge in [0.2, 0.25) is 5.91 Å². The van der Waals surface area contributed by atoms with Crippen LogP contribution in [0, 0.1) is 13.8 Å². The summed E-state index contributed by atoms with van der Waals surface area (Å²) in [6.07, 6.45) is 0.354. The number of carbonyl (C=O) groups is 2. The summed E-state index contributed by atoms with van der Waals surface area (Å²) in [7, 11) is 1.33. The van der Waals surface area contributed by atoms with Gasteiger partial charge in [-0.25, -0.2) is 4.79 Å². The Kier molecular flexibility index (Phi) is 5.95. The van der Waals surface area contributed by atoms with E-state index in [0.717, 1.165) is 16.8 Å². The zero-order valence-electron chi connectivity index (χ0n) is 14.2. The Morgan fingerprint density at radius 2 is 1.62 bits per heavy atom. The number of carbonyl (C=O) groups excluding carboxylic acids is 2. The predicted octanol–water partition coefficient (Wildman–Crippen LogP) is 3.53. The van der Waals surface area contributed by atoms with E-state index in [0.29, 0.717) is 24.2 Å². The molecule has 5 nitrogen and oxygen atoms in total. The largest absolute Gasteiger partial charge is 0.465 e. The summed E-state index contributed by atoms with van der Waals surface area (Å²) in [6, 6.07) is 12.7. The fourth-order valence-corrected chi connectivity index (χ4v) is 2.43. The zero-order valence-corrected chi connectivity index (χ0v) is 14.2. The van der Waals surface area contributed by atoms with Crippen LogP contribution in [0.15, 0.2) is 42.5 Å². The number of anilines is 2. The van der Waals surface area contributed by atoms with Gasteiger partial charge in [0.15, 0.2) is 0 Å². The van der Waals surface area contributed by atoms with E-state index >= 15 is 0 Å². The molecule has 0 fully saturated rings. The fourth-order valence-electron chi connectivity index (χ4n) is 2.43. The number of nitrogens with one attached hydrogen (secondary N) is 2. The van der Waals surface area contributed by atoms with Gasteiger partial charge in [0.05, 0.1) is 12.7 Å². The fraction of sp³-hybridized carbons (Fsp3) is 0.263. The molecule has 0 saturated carbocycles. The number of esters is 1. The van der Waals surface area contributed by atoms with Gasteiger partial charge in [-0.3, -0.25) is 4.79 Å². The van der Waals surface area contributed by atoms with E-state index in [2.05, 4.69) is 15.4 Å². The van der Waals surface area contributed by atoms with Gasteiger partial charge in [0, 0.05) is 24.3 Å². The Bertz CT molecular complexity index is 704. The molecular weight excluding hydrogens is 304 g/mol. The molecule has 2 N–H and O–H groups in total. The first-order valence-corrected chi connectivity index (χ1v) is 7.79. The molecule has 2 aromatic carbocycles. The summed E-state index contributed by atoms with van der Waals surface area (Å²) < 4.78 is 4.64. The molecule has 0 saturated heterocycles. The summed E-state index contributed by atoms with van der Waals surface area (Å²) in [6.45, 7) is 4.63. The lowest BCUT2D eigenvalue weighted by molar-refractivity contribution is -0.115. The molecule has 2 aromatic rings. The van der Waals surface area contributed by atoms with E-state index in [1.165, 1.54) is 7.11 Å². The van der Waals surface area contributed by atoms with Crippen molar-refractivity contribution in [2.24, 2.45) is 0 Å². The third kappa shape index (κ3) is 4.59. The molecule has 0 aliphatic carbocycles. The third-order valence-electron chi connectivity index (χ3n) is 3.72. The van der Waals surface area contributed by atoms with Gasteiger partial charge in [-0.1, -0.05) is 18.2 Å². The molecule has 0 heterocycles. The van der Waals surface area contributed by atoms with Crippen LogP contribution >= 0.6 is 0 Å². The molecule has 0 aliphatic rings. The highest BCUT2D eigenvalue weighted by atomic mass is 16.5. The molecule has 0 unspecified atom stereocenters. The van der Waals surface area contributed by atoms with Gasteiger partial charge >= 0.3 is 5.97 Å². The lowest BCUT2D eigenvalue weighted by Crippen LogP contribution is -2.17. The number of rotatable bonds is 6. The van der Waals surface area contributed by atoms with Crippen LogP contribution in [-0.4, -0.2) is 25.5 Å². The second-order valence-corrected chi connectivity index (χ2v) is 5.56. The van der Waals surface area contributed by atoms with Crippen molar-refractivity contribution in [1.29, 1.82) is 0 Å². The summed E-state index contributed by atoms with van der Waals surface area (Å²) in [5.41, 5.74) is 4.50. The second kappa shape index (κ2) is 8.15. The number of hydrogen-bond acceptors (Lipinski definition) is 4. The van der Waals surface area contributed by atoms with Crippen LogP contribution in [-0.2, 0) is 9.53 Å². The molecule has 5 heteroatoms. The van der Waals surface area contributed by atoms with Gasteiger partial charge in [0.25, 0.3) is 0 Å². The highest BCUT2D eigenvalue weighted by Crippen LogP contribution is 2.19. The summed E-state index contributed by atoms with van der Waals surface area (Å²) in [5.74, 6) is -0.481. The Morgan fingerprint density at radius 3 is 2.21 bits per heavy atom. The van der Waals surface area contributed by atoms with Gasteiger partial charge in [-0.2, -0.15) is 0 Å². The summed E-state index contributed by atoms with van der Waals surface area (Å²) >= 11 is 0. The minimum atomic E-state index is -0.398. The molecular formula is C19H22N2O3. The van der Waals surface area contributed by atoms with Crippen molar-refractivity contribution in [2.45, 2.75) is 20.3 Å². The molecule has 0 atom stereocenters. The SMILES string of the molecule is COC(=O)c1ccc(NC(=O)CCNc2c(C)cccc2C)cc1. The average Bonchev–Trinajstić information content (AvgIpc) is 2.57. The summed E-state index contributed by atoms with van der Waals surface area (Å²) in [5, 5.41) is 6.12. The first-order valence-electron chi connectivity index (χ1n) is 7.79. The van der Waals surface area contributed by atoms with Crippen molar-refractivity contribution >= 4 is 23.3 Å². The molecule has 1 amide bonds. The number of amides is 1. The van der Waals surface area contributed by atoms with Crippen molar-refractivity contribution in [1.82, 2.24) is 0 Å². The first kappa shape index (κ1) is 17.5. The normalized spacial score (nSPS) is 10.1. The zero-order chi connectivity index (χ0) is 17.5. The van der Waals surface area contributed by atoms with Crippen LogP contribution in [0.4, 0.5) is 11.4 Å². The van der Waals surface area contributed by atoms with Crippen LogP contribution in [0.3, 0.4) is 0 Å². The van der Waals surface area contributed by atoms with E-state index in [1.54, 1.807) is 24.3 Å². The third-order valence-corrected chi connectivity index (χ3v) is 3.72. The molecule has 0 aromatic heterocycles. The quantitative estimate of drug-likeness (QED) is 0.797. The minimum Gasteiger partial charge on any atom is -0.465 e. The van der Waals surface area contributed by atoms with Crippen molar-refractivity contribution in [3.05, 3.63) is 59.2 Å². The van der Waals surface area contributed by atoms with Gasteiger partial charge in [0.1, 0.15) is 0 Å². The van der Waals surface area contributed by atoms with Crippen molar-refractivity contribution in [3.63, 3.8) is 0 Å². The monoisotopic (exact) mass is 326 g/mol. The van der Waals surface area contributed by atoms with Crippen LogP contribution in [0.2, 0.25) is 0 Å². The second-order valence-electron chi connectivity index (χ2n) is 5.56. The van der Waals surface area contributed by atoms with E-state index in [-0.39, 0.29) is 5.91 Å². The van der Waals surface area contributed by atoms with Crippen LogP contribution in [0.25, 0.3) is 0 Å². The Hall–Kier alpha value is -2.82. The van der Waals surface area contributed by atoms with Crippen molar-refractivity contribution in [2.75, 3.05) is 24.3 Å². The maximum absolute atomic E-state index is 12.0. The highest BCUT2D eigenvalue weighted by molar-refractivity contribution is 5.93. The van der Waals surface area contributed by atoms with Crippen LogP contribution < -0.4 is 10.6 Å². The molecule has 0 radical (unpaired) electrons. The van der Waals surface area contributed by atoms with Crippen LogP contribution in [0.5, 0.6) is 0 Å². The number of methoxy groups -OCH3 is 1.